The highest BCUT2D eigenvalue weighted by Crippen LogP contribution is 2.42. The van der Waals surface area contributed by atoms with E-state index in [1.54, 1.807) is 29.2 Å². The molecule has 5 rings (SSSR count). The zero-order valence-corrected chi connectivity index (χ0v) is 18.3. The van der Waals surface area contributed by atoms with Crippen LogP contribution in [-0.2, 0) is 0 Å². The number of rotatable bonds is 4. The van der Waals surface area contributed by atoms with E-state index in [9.17, 15) is 9.59 Å². The van der Waals surface area contributed by atoms with Crippen molar-refractivity contribution < 1.29 is 13.9 Å². The van der Waals surface area contributed by atoms with Crippen LogP contribution in [-0.4, -0.2) is 12.5 Å². The van der Waals surface area contributed by atoms with Crippen LogP contribution in [0.25, 0.3) is 11.0 Å². The minimum Gasteiger partial charge on any atom is -0.494 e. The minimum absolute atomic E-state index is 0.0857. The van der Waals surface area contributed by atoms with Gasteiger partial charge < -0.3 is 9.15 Å². The van der Waals surface area contributed by atoms with E-state index < -0.39 is 6.04 Å². The summed E-state index contributed by atoms with van der Waals surface area (Å²) >= 11 is 3.50. The van der Waals surface area contributed by atoms with Gasteiger partial charge in [-0.15, -0.1) is 0 Å². The Kier molecular flexibility index (Phi) is 4.87. The molecule has 1 aliphatic heterocycles. The highest BCUT2D eigenvalue weighted by Gasteiger charge is 2.43. The van der Waals surface area contributed by atoms with Gasteiger partial charge in [-0.1, -0.05) is 40.2 Å². The molecule has 1 atom stereocenters. The Morgan fingerprint density at radius 3 is 2.52 bits per heavy atom. The molecule has 0 saturated carbocycles. The van der Waals surface area contributed by atoms with E-state index in [1.807, 2.05) is 55.5 Å². The molecule has 2 heterocycles. The molecule has 3 aromatic carbocycles. The largest absolute Gasteiger partial charge is 0.494 e. The topological polar surface area (TPSA) is 59.8 Å². The van der Waals surface area contributed by atoms with Crippen molar-refractivity contribution in [2.75, 3.05) is 11.5 Å². The van der Waals surface area contributed by atoms with E-state index in [2.05, 4.69) is 15.9 Å². The number of halogens is 1. The molecule has 0 saturated heterocycles. The van der Waals surface area contributed by atoms with E-state index in [-0.39, 0.29) is 17.1 Å². The van der Waals surface area contributed by atoms with Crippen LogP contribution < -0.4 is 15.1 Å². The normalized spacial score (nSPS) is 15.4. The van der Waals surface area contributed by atoms with Gasteiger partial charge in [0.05, 0.1) is 23.6 Å². The fraction of sp³-hybridized carbons (Fsp3) is 0.120. The number of hydrogen-bond donors (Lipinski definition) is 0. The van der Waals surface area contributed by atoms with Gasteiger partial charge in [-0.2, -0.15) is 0 Å². The summed E-state index contributed by atoms with van der Waals surface area (Å²) in [6.07, 6.45) is 0. The third-order valence-electron chi connectivity index (χ3n) is 5.37. The van der Waals surface area contributed by atoms with Gasteiger partial charge in [0.2, 0.25) is 5.76 Å². The van der Waals surface area contributed by atoms with Gasteiger partial charge in [-0.3, -0.25) is 14.5 Å². The number of anilines is 1. The minimum atomic E-state index is -0.598. The van der Waals surface area contributed by atoms with Gasteiger partial charge in [-0.25, -0.2) is 0 Å². The second-order valence-electron chi connectivity index (χ2n) is 7.23. The Morgan fingerprint density at radius 2 is 1.77 bits per heavy atom. The van der Waals surface area contributed by atoms with E-state index in [0.29, 0.717) is 34.6 Å². The molecule has 6 heteroatoms. The molecule has 0 spiro atoms. The van der Waals surface area contributed by atoms with Gasteiger partial charge in [-0.05, 0) is 61.0 Å². The molecule has 0 N–H and O–H groups in total. The van der Waals surface area contributed by atoms with Crippen LogP contribution in [0, 0.1) is 0 Å². The number of hydrogen-bond acceptors (Lipinski definition) is 4. The van der Waals surface area contributed by atoms with Crippen LogP contribution >= 0.6 is 15.9 Å². The quantitative estimate of drug-likeness (QED) is 0.379. The standard InChI is InChI=1S/C25H18BrNO4/c1-2-30-18-12-10-17(11-13-18)27-22(15-6-5-7-16(26)14-15)21-23(28)19-8-3-4-9-20(19)31-24(21)25(27)29/h3-14,22H,2H2,1H3. The van der Waals surface area contributed by atoms with Crippen LogP contribution in [0.5, 0.6) is 5.75 Å². The van der Waals surface area contributed by atoms with Gasteiger partial charge >= 0.3 is 0 Å². The summed E-state index contributed by atoms with van der Waals surface area (Å²) in [6, 6.07) is 21.3. The number of carbonyl (C=O) groups excluding carboxylic acids is 1. The number of carbonyl (C=O) groups is 1. The van der Waals surface area contributed by atoms with Crippen molar-refractivity contribution in [2.45, 2.75) is 13.0 Å². The summed E-state index contributed by atoms with van der Waals surface area (Å²) in [4.78, 5) is 28.6. The first-order chi connectivity index (χ1) is 15.1. The Labute approximate surface area is 187 Å². The van der Waals surface area contributed by atoms with Gasteiger partial charge in [0.15, 0.2) is 5.43 Å². The molecule has 0 fully saturated rings. The molecule has 0 radical (unpaired) electrons. The maximum absolute atomic E-state index is 13.5. The van der Waals surface area contributed by atoms with Crippen molar-refractivity contribution in [1.82, 2.24) is 0 Å². The van der Waals surface area contributed by atoms with Crippen molar-refractivity contribution in [3.8, 4) is 5.75 Å². The first-order valence-electron chi connectivity index (χ1n) is 9.96. The molecule has 154 valence electrons. The summed E-state index contributed by atoms with van der Waals surface area (Å²) in [5.41, 5.74) is 2.05. The highest BCUT2D eigenvalue weighted by molar-refractivity contribution is 9.10. The predicted octanol–water partition coefficient (Wildman–Crippen LogP) is 5.70. The van der Waals surface area contributed by atoms with Crippen LogP contribution in [0.4, 0.5) is 5.69 Å². The molecule has 5 nitrogen and oxygen atoms in total. The fourth-order valence-corrected chi connectivity index (χ4v) is 4.46. The van der Waals surface area contributed by atoms with Crippen LogP contribution in [0.2, 0.25) is 0 Å². The van der Waals surface area contributed by atoms with Crippen molar-refractivity contribution >= 4 is 38.5 Å². The van der Waals surface area contributed by atoms with Gasteiger partial charge in [0, 0.05) is 10.2 Å². The molecule has 1 amide bonds. The highest BCUT2D eigenvalue weighted by atomic mass is 79.9. The van der Waals surface area contributed by atoms with Gasteiger partial charge in [0.25, 0.3) is 5.91 Å². The average molecular weight is 476 g/mol. The summed E-state index contributed by atoms with van der Waals surface area (Å²) in [5.74, 6) is 0.462. The Morgan fingerprint density at radius 1 is 1.00 bits per heavy atom. The molecule has 1 aliphatic rings. The van der Waals surface area contributed by atoms with Crippen molar-refractivity contribution in [3.05, 3.63) is 104 Å². The molecule has 31 heavy (non-hydrogen) atoms. The maximum atomic E-state index is 13.5. The number of ether oxygens (including phenoxy) is 1. The van der Waals surface area contributed by atoms with Crippen molar-refractivity contribution in [3.63, 3.8) is 0 Å². The van der Waals surface area contributed by atoms with Crippen LogP contribution in [0.3, 0.4) is 0 Å². The SMILES string of the molecule is CCOc1ccc(N2C(=O)c3oc4ccccc4c(=O)c3C2c2cccc(Br)c2)cc1. The van der Waals surface area contributed by atoms with E-state index >= 15 is 0 Å². The average Bonchev–Trinajstić information content (AvgIpc) is 3.07. The van der Waals surface area contributed by atoms with Crippen LogP contribution in [0.15, 0.2) is 86.5 Å². The van der Waals surface area contributed by atoms with E-state index in [4.69, 9.17) is 9.15 Å². The number of para-hydroxylation sites is 1. The van der Waals surface area contributed by atoms with E-state index in [1.165, 1.54) is 0 Å². The predicted molar refractivity (Wildman–Crippen MR) is 123 cm³/mol. The second-order valence-corrected chi connectivity index (χ2v) is 8.15. The number of nitrogens with zero attached hydrogens (tertiary/aromatic N) is 1. The zero-order chi connectivity index (χ0) is 21.5. The third-order valence-corrected chi connectivity index (χ3v) is 5.86. The Hall–Kier alpha value is -3.38. The lowest BCUT2D eigenvalue weighted by atomic mass is 9.98. The first-order valence-corrected chi connectivity index (χ1v) is 10.8. The lowest BCUT2D eigenvalue weighted by Gasteiger charge is -2.25. The molecular formula is C25H18BrNO4. The van der Waals surface area contributed by atoms with Crippen molar-refractivity contribution in [2.24, 2.45) is 0 Å². The summed E-state index contributed by atoms with van der Waals surface area (Å²) in [5, 5.41) is 0.461. The molecule has 4 aromatic rings. The second kappa shape index (κ2) is 7.71. The summed E-state index contributed by atoms with van der Waals surface area (Å²) in [6.45, 7) is 2.47. The van der Waals surface area contributed by atoms with Crippen LogP contribution in [0.1, 0.15) is 34.6 Å². The lowest BCUT2D eigenvalue weighted by Crippen LogP contribution is -2.29. The molecule has 0 aliphatic carbocycles. The van der Waals surface area contributed by atoms with Gasteiger partial charge in [0.1, 0.15) is 11.3 Å². The number of amides is 1. The van der Waals surface area contributed by atoms with Crippen molar-refractivity contribution in [1.29, 1.82) is 0 Å². The fourth-order valence-electron chi connectivity index (χ4n) is 4.05. The zero-order valence-electron chi connectivity index (χ0n) is 16.7. The molecule has 1 unspecified atom stereocenters. The first kappa shape index (κ1) is 19.6. The Bertz CT molecular complexity index is 1360. The maximum Gasteiger partial charge on any atom is 0.295 e. The number of fused-ring (bicyclic) bond motifs is 2. The summed E-state index contributed by atoms with van der Waals surface area (Å²) in [7, 11) is 0. The Balaban J connectivity index is 1.75. The number of benzene rings is 3. The molecule has 1 aromatic heterocycles. The monoisotopic (exact) mass is 475 g/mol. The summed E-state index contributed by atoms with van der Waals surface area (Å²) < 4.78 is 12.4. The smallest absolute Gasteiger partial charge is 0.295 e. The molecule has 0 bridgehead atoms. The third kappa shape index (κ3) is 3.24. The lowest BCUT2D eigenvalue weighted by molar-refractivity contribution is 0.0971. The molecular weight excluding hydrogens is 458 g/mol. The van der Waals surface area contributed by atoms with E-state index in [0.717, 1.165) is 10.0 Å².